The monoisotopic (exact) mass is 301 g/mol. The molecule has 8 heteroatoms. The van der Waals surface area contributed by atoms with Crippen LogP contribution in [-0.2, 0) is 4.74 Å². The lowest BCUT2D eigenvalue weighted by Gasteiger charge is -2.32. The SMILES string of the molecule is Cc1cc(=O)[nH]c([C@@H]2CN(C(=O)c3cnccn3)CCO2)n1. The van der Waals surface area contributed by atoms with Gasteiger partial charge in [0.15, 0.2) is 0 Å². The van der Waals surface area contributed by atoms with Crippen LogP contribution in [0, 0.1) is 6.92 Å². The second-order valence-electron chi connectivity index (χ2n) is 4.97. The van der Waals surface area contributed by atoms with Gasteiger partial charge in [0, 0.05) is 30.7 Å². The second kappa shape index (κ2) is 6.02. The second-order valence-corrected chi connectivity index (χ2v) is 4.97. The Morgan fingerprint density at radius 2 is 2.32 bits per heavy atom. The highest BCUT2D eigenvalue weighted by molar-refractivity contribution is 5.92. The maximum atomic E-state index is 12.4. The minimum Gasteiger partial charge on any atom is -0.367 e. The van der Waals surface area contributed by atoms with Crippen LogP contribution in [0.4, 0.5) is 0 Å². The van der Waals surface area contributed by atoms with Gasteiger partial charge in [-0.05, 0) is 6.92 Å². The molecular formula is C14H15N5O3. The molecule has 0 unspecified atom stereocenters. The number of nitrogens with one attached hydrogen (secondary N) is 1. The molecule has 2 aromatic heterocycles. The number of hydrogen-bond donors (Lipinski definition) is 1. The summed E-state index contributed by atoms with van der Waals surface area (Å²) in [6, 6.07) is 1.41. The van der Waals surface area contributed by atoms with Crippen molar-refractivity contribution >= 4 is 5.91 Å². The van der Waals surface area contributed by atoms with Gasteiger partial charge in [0.1, 0.15) is 17.6 Å². The van der Waals surface area contributed by atoms with Crippen molar-refractivity contribution in [1.29, 1.82) is 0 Å². The van der Waals surface area contributed by atoms with Crippen molar-refractivity contribution in [3.63, 3.8) is 0 Å². The Morgan fingerprint density at radius 3 is 3.05 bits per heavy atom. The predicted molar refractivity (Wildman–Crippen MR) is 76.2 cm³/mol. The van der Waals surface area contributed by atoms with Gasteiger partial charge in [-0.15, -0.1) is 0 Å². The molecule has 1 atom stereocenters. The molecule has 0 bridgehead atoms. The number of ether oxygens (including phenoxy) is 1. The van der Waals surface area contributed by atoms with Gasteiger partial charge in [-0.3, -0.25) is 14.6 Å². The molecule has 2 aromatic rings. The van der Waals surface area contributed by atoms with Crippen LogP contribution in [0.5, 0.6) is 0 Å². The summed E-state index contributed by atoms with van der Waals surface area (Å²) in [5.74, 6) is 0.220. The van der Waals surface area contributed by atoms with Crippen molar-refractivity contribution in [2.45, 2.75) is 13.0 Å². The lowest BCUT2D eigenvalue weighted by Crippen LogP contribution is -2.43. The zero-order valence-corrected chi connectivity index (χ0v) is 12.0. The predicted octanol–water partition coefficient (Wildman–Crippen LogP) is 0.0820. The third-order valence-corrected chi connectivity index (χ3v) is 3.33. The number of carbonyl (C=O) groups is 1. The minimum atomic E-state index is -0.457. The summed E-state index contributed by atoms with van der Waals surface area (Å²) in [4.78, 5) is 40.4. The number of nitrogens with zero attached hydrogens (tertiary/aromatic N) is 4. The highest BCUT2D eigenvalue weighted by Crippen LogP contribution is 2.19. The smallest absolute Gasteiger partial charge is 0.274 e. The lowest BCUT2D eigenvalue weighted by molar-refractivity contribution is -0.0271. The van der Waals surface area contributed by atoms with E-state index in [0.29, 0.717) is 31.2 Å². The number of morpholine rings is 1. The number of aromatic amines is 1. The summed E-state index contributed by atoms with van der Waals surface area (Å²) in [7, 11) is 0. The largest absolute Gasteiger partial charge is 0.367 e. The van der Waals surface area contributed by atoms with Crippen LogP contribution in [0.15, 0.2) is 29.5 Å². The van der Waals surface area contributed by atoms with Gasteiger partial charge < -0.3 is 14.6 Å². The van der Waals surface area contributed by atoms with Crippen LogP contribution in [0.2, 0.25) is 0 Å². The molecule has 114 valence electrons. The van der Waals surface area contributed by atoms with E-state index >= 15 is 0 Å². The molecule has 3 heterocycles. The fourth-order valence-electron chi connectivity index (χ4n) is 2.33. The van der Waals surface area contributed by atoms with Crippen LogP contribution in [0.25, 0.3) is 0 Å². The summed E-state index contributed by atoms with van der Waals surface area (Å²) < 4.78 is 5.63. The fraction of sp³-hybridized carbons (Fsp3) is 0.357. The Bertz CT molecular complexity index is 731. The molecule has 1 aliphatic heterocycles. The number of amides is 1. The van der Waals surface area contributed by atoms with E-state index in [1.165, 1.54) is 24.7 Å². The summed E-state index contributed by atoms with van der Waals surface area (Å²) in [6.07, 6.45) is 3.96. The van der Waals surface area contributed by atoms with Gasteiger partial charge in [0.2, 0.25) is 0 Å². The first kappa shape index (κ1) is 14.3. The van der Waals surface area contributed by atoms with Crippen LogP contribution < -0.4 is 5.56 Å². The number of aromatic nitrogens is 4. The molecule has 0 spiro atoms. The van der Waals surface area contributed by atoms with Crippen molar-refractivity contribution in [3.05, 3.63) is 52.2 Å². The van der Waals surface area contributed by atoms with E-state index in [9.17, 15) is 9.59 Å². The first-order valence-corrected chi connectivity index (χ1v) is 6.88. The number of aryl methyl sites for hydroxylation is 1. The normalized spacial score (nSPS) is 18.2. The molecule has 22 heavy (non-hydrogen) atoms. The third-order valence-electron chi connectivity index (χ3n) is 3.33. The molecule has 3 rings (SSSR count). The Morgan fingerprint density at radius 1 is 1.45 bits per heavy atom. The Kier molecular flexibility index (Phi) is 3.92. The maximum Gasteiger partial charge on any atom is 0.274 e. The van der Waals surface area contributed by atoms with Crippen molar-refractivity contribution in [2.75, 3.05) is 19.7 Å². The van der Waals surface area contributed by atoms with E-state index in [4.69, 9.17) is 4.74 Å². The first-order valence-electron chi connectivity index (χ1n) is 6.88. The molecule has 0 radical (unpaired) electrons. The highest BCUT2D eigenvalue weighted by Gasteiger charge is 2.28. The molecule has 0 aliphatic carbocycles. The molecule has 1 N–H and O–H groups in total. The average molecular weight is 301 g/mol. The van der Waals surface area contributed by atoms with Gasteiger partial charge >= 0.3 is 0 Å². The zero-order chi connectivity index (χ0) is 15.5. The topological polar surface area (TPSA) is 101 Å². The Balaban J connectivity index is 1.79. The van der Waals surface area contributed by atoms with E-state index in [2.05, 4.69) is 19.9 Å². The molecular weight excluding hydrogens is 286 g/mol. The minimum absolute atomic E-state index is 0.212. The van der Waals surface area contributed by atoms with Crippen molar-refractivity contribution in [3.8, 4) is 0 Å². The van der Waals surface area contributed by atoms with Gasteiger partial charge in [-0.1, -0.05) is 0 Å². The van der Waals surface area contributed by atoms with Gasteiger partial charge in [-0.25, -0.2) is 9.97 Å². The van der Waals surface area contributed by atoms with Crippen LogP contribution in [-0.4, -0.2) is 50.4 Å². The van der Waals surface area contributed by atoms with Crippen LogP contribution >= 0.6 is 0 Å². The van der Waals surface area contributed by atoms with E-state index < -0.39 is 6.10 Å². The van der Waals surface area contributed by atoms with E-state index in [1.807, 2.05) is 0 Å². The fourth-order valence-corrected chi connectivity index (χ4v) is 2.33. The maximum absolute atomic E-state index is 12.4. The Hall–Kier alpha value is -2.61. The van der Waals surface area contributed by atoms with E-state index in [0.717, 1.165) is 0 Å². The quantitative estimate of drug-likeness (QED) is 0.843. The summed E-state index contributed by atoms with van der Waals surface area (Å²) >= 11 is 0. The zero-order valence-electron chi connectivity index (χ0n) is 12.0. The van der Waals surface area contributed by atoms with Crippen LogP contribution in [0.3, 0.4) is 0 Å². The standard InChI is InChI=1S/C14H15N5O3/c1-9-6-12(20)18-13(17-9)11-8-19(4-5-22-11)14(21)10-7-15-2-3-16-10/h2-3,6-7,11H,4-5,8H2,1H3,(H,17,18,20)/t11-/m0/s1. The van der Waals surface area contributed by atoms with Crippen molar-refractivity contribution < 1.29 is 9.53 Å². The average Bonchev–Trinajstić information content (AvgIpc) is 2.54. The number of rotatable bonds is 2. The lowest BCUT2D eigenvalue weighted by atomic mass is 10.2. The van der Waals surface area contributed by atoms with Gasteiger partial charge in [0.25, 0.3) is 11.5 Å². The molecule has 1 aliphatic rings. The van der Waals surface area contributed by atoms with Crippen molar-refractivity contribution in [2.24, 2.45) is 0 Å². The molecule has 1 amide bonds. The van der Waals surface area contributed by atoms with Crippen molar-refractivity contribution in [1.82, 2.24) is 24.8 Å². The molecule has 1 fully saturated rings. The summed E-state index contributed by atoms with van der Waals surface area (Å²) in [6.45, 7) is 2.88. The van der Waals surface area contributed by atoms with Gasteiger partial charge in [0.05, 0.1) is 19.3 Å². The van der Waals surface area contributed by atoms with Crippen LogP contribution in [0.1, 0.15) is 28.1 Å². The molecule has 1 saturated heterocycles. The van der Waals surface area contributed by atoms with E-state index in [1.54, 1.807) is 11.8 Å². The molecule has 0 aromatic carbocycles. The van der Waals surface area contributed by atoms with Gasteiger partial charge in [-0.2, -0.15) is 0 Å². The Labute approximate surface area is 126 Å². The third kappa shape index (κ3) is 3.01. The molecule has 0 saturated carbocycles. The number of H-pyrrole nitrogens is 1. The highest BCUT2D eigenvalue weighted by atomic mass is 16.5. The number of carbonyl (C=O) groups excluding carboxylic acids is 1. The summed E-state index contributed by atoms with van der Waals surface area (Å²) in [5.41, 5.74) is 0.664. The molecule has 8 nitrogen and oxygen atoms in total. The summed E-state index contributed by atoms with van der Waals surface area (Å²) in [5, 5.41) is 0. The first-order chi connectivity index (χ1) is 10.6. The van der Waals surface area contributed by atoms with E-state index in [-0.39, 0.29) is 17.2 Å². The number of hydrogen-bond acceptors (Lipinski definition) is 6.